The molecule has 0 saturated carbocycles. The molecule has 0 aromatic heterocycles. The van der Waals surface area contributed by atoms with E-state index in [9.17, 15) is 0 Å². The average Bonchev–Trinajstić information content (AvgIpc) is 2.72. The largest absolute Gasteiger partial charge is 0.324 e. The summed E-state index contributed by atoms with van der Waals surface area (Å²) >= 11 is 0. The van der Waals surface area contributed by atoms with Crippen LogP contribution in [0.15, 0.2) is 36.4 Å². The number of benzene rings is 2. The zero-order chi connectivity index (χ0) is 12.7. The Hall–Kier alpha value is -1.60. The van der Waals surface area contributed by atoms with Crippen molar-refractivity contribution >= 4 is 0 Å². The first-order valence-corrected chi connectivity index (χ1v) is 6.62. The van der Waals surface area contributed by atoms with E-state index in [-0.39, 0.29) is 6.04 Å². The van der Waals surface area contributed by atoms with Gasteiger partial charge in [0.25, 0.3) is 0 Å². The highest BCUT2D eigenvalue weighted by atomic mass is 14.6. The van der Waals surface area contributed by atoms with Crippen molar-refractivity contribution in [3.05, 3.63) is 58.7 Å². The third-order valence-electron chi connectivity index (χ3n) is 4.07. The summed E-state index contributed by atoms with van der Waals surface area (Å²) in [4.78, 5) is 0. The van der Waals surface area contributed by atoms with Crippen molar-refractivity contribution in [2.24, 2.45) is 5.73 Å². The van der Waals surface area contributed by atoms with E-state index in [0.29, 0.717) is 0 Å². The number of nitrogens with two attached hydrogens (primary N) is 1. The lowest BCUT2D eigenvalue weighted by Gasteiger charge is -2.14. The fourth-order valence-corrected chi connectivity index (χ4v) is 3.16. The van der Waals surface area contributed by atoms with Crippen LogP contribution >= 0.6 is 0 Å². The summed E-state index contributed by atoms with van der Waals surface area (Å²) < 4.78 is 0. The number of aryl methyl sites for hydroxylation is 2. The van der Waals surface area contributed by atoms with E-state index in [1.807, 2.05) is 0 Å². The lowest BCUT2D eigenvalue weighted by atomic mass is 9.90. The molecule has 2 N–H and O–H groups in total. The molecular formula is C17H19N. The summed E-state index contributed by atoms with van der Waals surface area (Å²) in [5.41, 5.74) is 14.5. The van der Waals surface area contributed by atoms with E-state index < -0.39 is 0 Å². The molecular weight excluding hydrogens is 218 g/mol. The summed E-state index contributed by atoms with van der Waals surface area (Å²) in [6.07, 6.45) is 2.19. The van der Waals surface area contributed by atoms with Crippen LogP contribution in [0.3, 0.4) is 0 Å². The molecule has 1 aliphatic rings. The molecule has 2 aromatic rings. The Morgan fingerprint density at radius 1 is 1.00 bits per heavy atom. The Morgan fingerprint density at radius 3 is 2.39 bits per heavy atom. The second-order valence-corrected chi connectivity index (χ2v) is 5.29. The minimum absolute atomic E-state index is 0.226. The number of fused-ring (bicyclic) bond motifs is 1. The highest BCUT2D eigenvalue weighted by Crippen LogP contribution is 2.38. The molecule has 0 radical (unpaired) electrons. The van der Waals surface area contributed by atoms with E-state index in [4.69, 9.17) is 5.73 Å². The van der Waals surface area contributed by atoms with Gasteiger partial charge in [-0.3, -0.25) is 0 Å². The third kappa shape index (κ3) is 1.67. The van der Waals surface area contributed by atoms with Crippen LogP contribution in [0.25, 0.3) is 11.1 Å². The van der Waals surface area contributed by atoms with Gasteiger partial charge in [0, 0.05) is 6.04 Å². The normalized spacial score (nSPS) is 17.8. The molecule has 0 amide bonds. The standard InChI is InChI=1S/C17H19N/c1-11-5-3-6-12(2)17(11)15-8-4-7-14-13(15)9-10-16(14)18/h3-8,16H,9-10,18H2,1-2H3/t16-/m1/s1. The van der Waals surface area contributed by atoms with Crippen molar-refractivity contribution in [3.8, 4) is 11.1 Å². The fraction of sp³-hybridized carbons (Fsp3) is 0.294. The Labute approximate surface area is 109 Å². The van der Waals surface area contributed by atoms with E-state index in [1.54, 1.807) is 0 Å². The summed E-state index contributed by atoms with van der Waals surface area (Å²) in [6, 6.07) is 13.3. The van der Waals surface area contributed by atoms with E-state index in [2.05, 4.69) is 50.2 Å². The predicted molar refractivity (Wildman–Crippen MR) is 76.6 cm³/mol. The van der Waals surface area contributed by atoms with Crippen LogP contribution in [0.4, 0.5) is 0 Å². The van der Waals surface area contributed by atoms with E-state index in [1.165, 1.54) is 33.4 Å². The molecule has 0 fully saturated rings. The van der Waals surface area contributed by atoms with Crippen LogP contribution in [-0.2, 0) is 6.42 Å². The second-order valence-electron chi connectivity index (χ2n) is 5.29. The van der Waals surface area contributed by atoms with Gasteiger partial charge in [-0.15, -0.1) is 0 Å². The smallest absolute Gasteiger partial charge is 0.0300 e. The van der Waals surface area contributed by atoms with Crippen LogP contribution < -0.4 is 5.73 Å². The Bertz CT molecular complexity index is 578. The van der Waals surface area contributed by atoms with Crippen molar-refractivity contribution < 1.29 is 0 Å². The highest BCUT2D eigenvalue weighted by molar-refractivity contribution is 5.75. The molecule has 0 spiro atoms. The number of rotatable bonds is 1. The Morgan fingerprint density at radius 2 is 1.67 bits per heavy atom. The molecule has 0 heterocycles. The van der Waals surface area contributed by atoms with Gasteiger partial charge in [-0.25, -0.2) is 0 Å². The zero-order valence-corrected chi connectivity index (χ0v) is 11.0. The van der Waals surface area contributed by atoms with Gasteiger partial charge in [0.2, 0.25) is 0 Å². The van der Waals surface area contributed by atoms with Gasteiger partial charge >= 0.3 is 0 Å². The Balaban J connectivity index is 2.25. The van der Waals surface area contributed by atoms with Gasteiger partial charge in [-0.1, -0.05) is 36.4 Å². The number of hydrogen-bond acceptors (Lipinski definition) is 1. The van der Waals surface area contributed by atoms with Gasteiger partial charge in [0.15, 0.2) is 0 Å². The summed E-state index contributed by atoms with van der Waals surface area (Å²) in [6.45, 7) is 4.38. The van der Waals surface area contributed by atoms with Crippen LogP contribution in [0.2, 0.25) is 0 Å². The van der Waals surface area contributed by atoms with E-state index in [0.717, 1.165) is 12.8 Å². The maximum Gasteiger partial charge on any atom is 0.0300 e. The number of hydrogen-bond donors (Lipinski definition) is 1. The minimum Gasteiger partial charge on any atom is -0.324 e. The van der Waals surface area contributed by atoms with Gasteiger partial charge in [-0.2, -0.15) is 0 Å². The molecule has 1 atom stereocenters. The SMILES string of the molecule is Cc1cccc(C)c1-c1cccc2c1CC[C@H]2N. The zero-order valence-electron chi connectivity index (χ0n) is 11.0. The van der Waals surface area contributed by atoms with Crippen molar-refractivity contribution in [1.29, 1.82) is 0 Å². The highest BCUT2D eigenvalue weighted by Gasteiger charge is 2.22. The molecule has 0 bridgehead atoms. The molecule has 18 heavy (non-hydrogen) atoms. The lowest BCUT2D eigenvalue weighted by molar-refractivity contribution is 0.713. The van der Waals surface area contributed by atoms with Gasteiger partial charge in [0.05, 0.1) is 0 Å². The first kappa shape index (κ1) is 11.5. The van der Waals surface area contributed by atoms with Crippen molar-refractivity contribution in [1.82, 2.24) is 0 Å². The van der Waals surface area contributed by atoms with Crippen LogP contribution in [0.1, 0.15) is 34.7 Å². The molecule has 2 aromatic carbocycles. The van der Waals surface area contributed by atoms with Crippen LogP contribution in [-0.4, -0.2) is 0 Å². The summed E-state index contributed by atoms with van der Waals surface area (Å²) in [7, 11) is 0. The van der Waals surface area contributed by atoms with Crippen molar-refractivity contribution in [2.45, 2.75) is 32.7 Å². The Kier molecular flexibility index (Phi) is 2.71. The second kappa shape index (κ2) is 4.25. The van der Waals surface area contributed by atoms with Crippen molar-refractivity contribution in [3.63, 3.8) is 0 Å². The van der Waals surface area contributed by atoms with Gasteiger partial charge < -0.3 is 5.73 Å². The van der Waals surface area contributed by atoms with Crippen LogP contribution in [0, 0.1) is 13.8 Å². The molecule has 3 rings (SSSR count). The molecule has 0 saturated heterocycles. The molecule has 92 valence electrons. The molecule has 0 unspecified atom stereocenters. The fourth-order valence-electron chi connectivity index (χ4n) is 3.16. The van der Waals surface area contributed by atoms with Gasteiger partial charge in [-0.05, 0) is 60.1 Å². The first-order chi connectivity index (χ1) is 8.68. The molecule has 1 aliphatic carbocycles. The van der Waals surface area contributed by atoms with Crippen LogP contribution in [0.5, 0.6) is 0 Å². The molecule has 1 heteroatoms. The molecule has 1 nitrogen and oxygen atoms in total. The predicted octanol–water partition coefficient (Wildman–Crippen LogP) is 3.92. The molecule has 0 aliphatic heterocycles. The average molecular weight is 237 g/mol. The quantitative estimate of drug-likeness (QED) is 0.799. The summed E-state index contributed by atoms with van der Waals surface area (Å²) in [5.74, 6) is 0. The maximum atomic E-state index is 6.17. The van der Waals surface area contributed by atoms with E-state index >= 15 is 0 Å². The lowest BCUT2D eigenvalue weighted by Crippen LogP contribution is -2.05. The maximum absolute atomic E-state index is 6.17. The van der Waals surface area contributed by atoms with Crippen molar-refractivity contribution in [2.75, 3.05) is 0 Å². The minimum atomic E-state index is 0.226. The third-order valence-corrected chi connectivity index (χ3v) is 4.07. The topological polar surface area (TPSA) is 26.0 Å². The first-order valence-electron chi connectivity index (χ1n) is 6.62. The summed E-state index contributed by atoms with van der Waals surface area (Å²) in [5, 5.41) is 0. The monoisotopic (exact) mass is 237 g/mol. The van der Waals surface area contributed by atoms with Gasteiger partial charge in [0.1, 0.15) is 0 Å².